The zero-order valence-electron chi connectivity index (χ0n) is 13.8. The molecule has 4 rings (SSSR count). The molecular weight excluding hydrogens is 302 g/mol. The van der Waals surface area contributed by atoms with Crippen LogP contribution >= 0.6 is 0 Å². The third-order valence-electron chi connectivity index (χ3n) is 4.40. The summed E-state index contributed by atoms with van der Waals surface area (Å²) in [6.07, 6.45) is 11.1. The molecule has 3 aromatic rings. The van der Waals surface area contributed by atoms with Gasteiger partial charge in [0, 0.05) is 37.7 Å². The lowest BCUT2D eigenvalue weighted by atomic mass is 10.1. The Morgan fingerprint density at radius 1 is 1.08 bits per heavy atom. The van der Waals surface area contributed by atoms with Crippen molar-refractivity contribution in [1.29, 1.82) is 0 Å². The predicted molar refractivity (Wildman–Crippen MR) is 90.3 cm³/mol. The van der Waals surface area contributed by atoms with Gasteiger partial charge < -0.3 is 9.47 Å². The van der Waals surface area contributed by atoms with E-state index in [2.05, 4.69) is 29.8 Å². The molecule has 7 nitrogen and oxygen atoms in total. The largest absolute Gasteiger partial charge is 0.348 e. The van der Waals surface area contributed by atoms with Crippen LogP contribution < -0.4 is 4.90 Å². The molecule has 1 aliphatic heterocycles. The lowest BCUT2D eigenvalue weighted by molar-refractivity contribution is 0.681. The molecule has 4 heterocycles. The topological polar surface area (TPSA) is 72.6 Å². The number of hydrogen-bond donors (Lipinski definition) is 0. The molecule has 0 saturated carbocycles. The molecule has 0 bridgehead atoms. The highest BCUT2D eigenvalue weighted by Gasteiger charge is 2.28. The van der Waals surface area contributed by atoms with E-state index in [1.807, 2.05) is 37.0 Å². The van der Waals surface area contributed by atoms with Crippen LogP contribution in [0, 0.1) is 6.92 Å². The maximum Gasteiger partial charge on any atom is 0.159 e. The normalized spacial score (nSPS) is 17.4. The summed E-state index contributed by atoms with van der Waals surface area (Å²) >= 11 is 0. The van der Waals surface area contributed by atoms with E-state index in [4.69, 9.17) is 0 Å². The first-order valence-electron chi connectivity index (χ1n) is 8.07. The van der Waals surface area contributed by atoms with Crippen molar-refractivity contribution in [1.82, 2.24) is 29.5 Å². The van der Waals surface area contributed by atoms with Gasteiger partial charge in [-0.25, -0.2) is 19.9 Å². The number of imidazole rings is 1. The van der Waals surface area contributed by atoms with Gasteiger partial charge in [0.05, 0.1) is 24.1 Å². The van der Waals surface area contributed by atoms with E-state index in [9.17, 15) is 0 Å². The van der Waals surface area contributed by atoms with Crippen molar-refractivity contribution in [3.63, 3.8) is 0 Å². The summed E-state index contributed by atoms with van der Waals surface area (Å²) in [5, 5.41) is 0. The molecule has 0 radical (unpaired) electrons. The Kier molecular flexibility index (Phi) is 3.68. The summed E-state index contributed by atoms with van der Waals surface area (Å²) in [6, 6.07) is 2.23. The van der Waals surface area contributed by atoms with Gasteiger partial charge in [-0.2, -0.15) is 0 Å². The molecule has 0 aliphatic carbocycles. The van der Waals surface area contributed by atoms with E-state index >= 15 is 0 Å². The maximum absolute atomic E-state index is 4.66. The number of rotatable bonds is 3. The molecule has 0 N–H and O–H groups in total. The molecule has 1 unspecified atom stereocenters. The van der Waals surface area contributed by atoms with E-state index in [1.165, 1.54) is 0 Å². The van der Waals surface area contributed by atoms with Crippen LogP contribution in [0.4, 0.5) is 5.82 Å². The number of aryl methyl sites for hydroxylation is 2. The molecule has 1 saturated heterocycles. The molecule has 1 aliphatic rings. The Morgan fingerprint density at radius 2 is 2.00 bits per heavy atom. The summed E-state index contributed by atoms with van der Waals surface area (Å²) < 4.78 is 1.94. The van der Waals surface area contributed by atoms with Gasteiger partial charge in [0.25, 0.3) is 0 Å². The van der Waals surface area contributed by atoms with Gasteiger partial charge in [-0.3, -0.25) is 4.98 Å². The first-order chi connectivity index (χ1) is 11.7. The van der Waals surface area contributed by atoms with E-state index < -0.39 is 0 Å². The van der Waals surface area contributed by atoms with E-state index in [-0.39, 0.29) is 6.04 Å². The van der Waals surface area contributed by atoms with Gasteiger partial charge in [0.15, 0.2) is 5.82 Å². The Labute approximate surface area is 140 Å². The van der Waals surface area contributed by atoms with Crippen LogP contribution in [0.5, 0.6) is 0 Å². The fourth-order valence-electron chi connectivity index (χ4n) is 3.18. The molecule has 122 valence electrons. The SMILES string of the molecule is Cc1cc(N2CCCC2c2cnc(-c3nccn3C)cn2)ncn1. The van der Waals surface area contributed by atoms with E-state index in [0.717, 1.165) is 48.1 Å². The van der Waals surface area contributed by atoms with Gasteiger partial charge in [-0.15, -0.1) is 0 Å². The third kappa shape index (κ3) is 2.62. The number of anilines is 1. The Balaban J connectivity index is 1.62. The van der Waals surface area contributed by atoms with Crippen LogP contribution in [0.3, 0.4) is 0 Å². The van der Waals surface area contributed by atoms with Crippen molar-refractivity contribution in [2.45, 2.75) is 25.8 Å². The average Bonchev–Trinajstić information content (AvgIpc) is 3.24. The van der Waals surface area contributed by atoms with Gasteiger partial charge in [-0.1, -0.05) is 0 Å². The monoisotopic (exact) mass is 321 g/mol. The van der Waals surface area contributed by atoms with Crippen LogP contribution in [0.2, 0.25) is 0 Å². The Bertz CT molecular complexity index is 840. The third-order valence-corrected chi connectivity index (χ3v) is 4.40. The standard InChI is InChI=1S/C17H19N7/c1-12-8-16(22-11-21-12)24-6-3-4-15(24)13-9-20-14(10-19-13)17-18-5-7-23(17)2/h5,7-11,15H,3-4,6H2,1-2H3. The van der Waals surface area contributed by atoms with Crippen molar-refractivity contribution in [2.75, 3.05) is 11.4 Å². The Hall–Kier alpha value is -2.83. The fraction of sp³-hybridized carbons (Fsp3) is 0.353. The van der Waals surface area contributed by atoms with Crippen LogP contribution in [0.25, 0.3) is 11.5 Å². The summed E-state index contributed by atoms with van der Waals surface area (Å²) in [6.45, 7) is 2.96. The number of aromatic nitrogens is 6. The van der Waals surface area contributed by atoms with Crippen molar-refractivity contribution in [3.05, 3.63) is 48.6 Å². The minimum atomic E-state index is 0.210. The molecule has 24 heavy (non-hydrogen) atoms. The van der Waals surface area contributed by atoms with Crippen LogP contribution in [0.15, 0.2) is 37.2 Å². The van der Waals surface area contributed by atoms with E-state index in [0.29, 0.717) is 0 Å². The molecule has 1 fully saturated rings. The first-order valence-corrected chi connectivity index (χ1v) is 8.07. The van der Waals surface area contributed by atoms with Crippen molar-refractivity contribution < 1.29 is 0 Å². The Morgan fingerprint density at radius 3 is 2.71 bits per heavy atom. The summed E-state index contributed by atoms with van der Waals surface area (Å²) in [7, 11) is 1.95. The smallest absolute Gasteiger partial charge is 0.159 e. The summed E-state index contributed by atoms with van der Waals surface area (Å²) in [5.74, 6) is 1.78. The molecule has 0 amide bonds. The average molecular weight is 321 g/mol. The molecule has 1 atom stereocenters. The highest BCUT2D eigenvalue weighted by Crippen LogP contribution is 2.34. The molecule has 7 heteroatoms. The molecule has 0 aromatic carbocycles. The van der Waals surface area contributed by atoms with E-state index in [1.54, 1.807) is 18.7 Å². The zero-order chi connectivity index (χ0) is 16.5. The molecule has 3 aromatic heterocycles. The number of hydrogen-bond acceptors (Lipinski definition) is 6. The lowest BCUT2D eigenvalue weighted by Crippen LogP contribution is -2.24. The second-order valence-corrected chi connectivity index (χ2v) is 6.06. The van der Waals surface area contributed by atoms with Crippen LogP contribution in [0.1, 0.15) is 30.3 Å². The maximum atomic E-state index is 4.66. The molecule has 0 spiro atoms. The van der Waals surface area contributed by atoms with Crippen molar-refractivity contribution in [2.24, 2.45) is 7.05 Å². The quantitative estimate of drug-likeness (QED) is 0.737. The van der Waals surface area contributed by atoms with Gasteiger partial charge >= 0.3 is 0 Å². The van der Waals surface area contributed by atoms with Gasteiger partial charge in [-0.05, 0) is 19.8 Å². The summed E-state index contributed by atoms with van der Waals surface area (Å²) in [4.78, 5) is 24.4. The second-order valence-electron chi connectivity index (χ2n) is 6.06. The predicted octanol–water partition coefficient (Wildman–Crippen LogP) is 2.32. The second kappa shape index (κ2) is 5.99. The van der Waals surface area contributed by atoms with Crippen LogP contribution in [-0.4, -0.2) is 36.0 Å². The lowest BCUT2D eigenvalue weighted by Gasteiger charge is -2.25. The molecular formula is C17H19N7. The van der Waals surface area contributed by atoms with Gasteiger partial charge in [0.2, 0.25) is 0 Å². The zero-order valence-corrected chi connectivity index (χ0v) is 13.8. The van der Waals surface area contributed by atoms with Crippen molar-refractivity contribution >= 4 is 5.82 Å². The summed E-state index contributed by atoms with van der Waals surface area (Å²) in [5.41, 5.74) is 2.73. The minimum absolute atomic E-state index is 0.210. The fourth-order valence-corrected chi connectivity index (χ4v) is 3.18. The highest BCUT2D eigenvalue weighted by atomic mass is 15.2. The number of nitrogens with zero attached hydrogens (tertiary/aromatic N) is 7. The van der Waals surface area contributed by atoms with Gasteiger partial charge in [0.1, 0.15) is 17.8 Å². The highest BCUT2D eigenvalue weighted by molar-refractivity contribution is 5.48. The first kappa shape index (κ1) is 14.7. The minimum Gasteiger partial charge on any atom is -0.348 e. The van der Waals surface area contributed by atoms with Crippen molar-refractivity contribution in [3.8, 4) is 11.5 Å². The van der Waals surface area contributed by atoms with Crippen LogP contribution in [-0.2, 0) is 7.05 Å².